The van der Waals surface area contributed by atoms with Crippen molar-refractivity contribution < 1.29 is 22.7 Å². The lowest BCUT2D eigenvalue weighted by molar-refractivity contribution is -0.116. The van der Waals surface area contributed by atoms with Crippen molar-refractivity contribution in [2.45, 2.75) is 13.0 Å². The quantitative estimate of drug-likeness (QED) is 0.753. The van der Waals surface area contributed by atoms with Gasteiger partial charge >= 0.3 is 6.61 Å². The molecule has 0 aliphatic heterocycles. The Hall–Kier alpha value is -1.23. The number of ketones is 1. The summed E-state index contributed by atoms with van der Waals surface area (Å²) in [7, 11) is 0. The van der Waals surface area contributed by atoms with E-state index in [1.165, 1.54) is 6.07 Å². The first-order valence-electron chi connectivity index (χ1n) is 4.34. The molecule has 2 nitrogen and oxygen atoms in total. The predicted molar refractivity (Wildman–Crippen MR) is 52.5 cm³/mol. The fraction of sp³-hybridized carbons (Fsp3) is 0.300. The highest BCUT2D eigenvalue weighted by Crippen LogP contribution is 2.20. The highest BCUT2D eigenvalue weighted by Gasteiger charge is 2.11. The van der Waals surface area contributed by atoms with Crippen molar-refractivity contribution in [2.75, 3.05) is 5.88 Å². The SMILES string of the molecule is O=C(CCl)Cc1ccc(OC(F)F)c(F)c1. The minimum atomic E-state index is -3.08. The molecule has 0 N–H and O–H groups in total. The van der Waals surface area contributed by atoms with E-state index in [1.54, 1.807) is 0 Å². The highest BCUT2D eigenvalue weighted by molar-refractivity contribution is 6.27. The highest BCUT2D eigenvalue weighted by atomic mass is 35.5. The lowest BCUT2D eigenvalue weighted by Crippen LogP contribution is -2.06. The maximum Gasteiger partial charge on any atom is 0.387 e. The number of hydrogen-bond acceptors (Lipinski definition) is 2. The second-order valence-electron chi connectivity index (χ2n) is 2.99. The molecule has 0 aliphatic carbocycles. The van der Waals surface area contributed by atoms with Crippen molar-refractivity contribution in [1.29, 1.82) is 0 Å². The minimum Gasteiger partial charge on any atom is -0.432 e. The molecule has 0 fully saturated rings. The molecule has 88 valence electrons. The number of Topliss-reactive ketones (excluding diaryl/α,β-unsaturated/α-hetero) is 1. The molecule has 0 saturated heterocycles. The largest absolute Gasteiger partial charge is 0.432 e. The number of alkyl halides is 3. The summed E-state index contributed by atoms with van der Waals surface area (Å²) in [6.45, 7) is -3.08. The van der Waals surface area contributed by atoms with E-state index in [2.05, 4.69) is 4.74 Å². The second kappa shape index (κ2) is 5.75. The molecular formula is C10H8ClF3O2. The van der Waals surface area contributed by atoms with E-state index in [0.717, 1.165) is 12.1 Å². The molecule has 1 aromatic rings. The Morgan fingerprint density at radius 3 is 2.62 bits per heavy atom. The second-order valence-corrected chi connectivity index (χ2v) is 3.26. The summed E-state index contributed by atoms with van der Waals surface area (Å²) in [6.07, 6.45) is -0.0324. The Kier molecular flexibility index (Phi) is 4.61. The van der Waals surface area contributed by atoms with Gasteiger partial charge in [0.2, 0.25) is 0 Å². The van der Waals surface area contributed by atoms with Gasteiger partial charge < -0.3 is 4.74 Å². The summed E-state index contributed by atoms with van der Waals surface area (Å²) in [5, 5.41) is 0. The van der Waals surface area contributed by atoms with Crippen molar-refractivity contribution in [2.24, 2.45) is 0 Å². The molecule has 0 atom stereocenters. The van der Waals surface area contributed by atoms with Crippen LogP contribution in [0.4, 0.5) is 13.2 Å². The molecular weight excluding hydrogens is 245 g/mol. The Morgan fingerprint density at radius 1 is 1.44 bits per heavy atom. The number of carbonyl (C=O) groups excluding carboxylic acids is 1. The van der Waals surface area contributed by atoms with Gasteiger partial charge in [-0.25, -0.2) is 4.39 Å². The fourth-order valence-corrected chi connectivity index (χ4v) is 1.22. The molecule has 6 heteroatoms. The molecule has 0 saturated carbocycles. The van der Waals surface area contributed by atoms with Gasteiger partial charge in [0.25, 0.3) is 0 Å². The Morgan fingerprint density at radius 2 is 2.12 bits per heavy atom. The van der Waals surface area contributed by atoms with Gasteiger partial charge in [0, 0.05) is 6.42 Å². The monoisotopic (exact) mass is 252 g/mol. The van der Waals surface area contributed by atoms with E-state index in [1.807, 2.05) is 0 Å². The van der Waals surface area contributed by atoms with Gasteiger partial charge in [-0.3, -0.25) is 4.79 Å². The van der Waals surface area contributed by atoms with Crippen LogP contribution in [0.5, 0.6) is 5.75 Å². The average molecular weight is 253 g/mol. The van der Waals surface area contributed by atoms with Crippen LogP contribution in [-0.2, 0) is 11.2 Å². The summed E-state index contributed by atoms with van der Waals surface area (Å²) < 4.78 is 40.7. The third-order valence-electron chi connectivity index (χ3n) is 1.76. The number of hydrogen-bond donors (Lipinski definition) is 0. The number of halogens is 4. The number of ether oxygens (including phenoxy) is 1. The third-order valence-corrected chi connectivity index (χ3v) is 2.06. The lowest BCUT2D eigenvalue weighted by atomic mass is 10.1. The maximum atomic E-state index is 13.2. The van der Waals surface area contributed by atoms with E-state index >= 15 is 0 Å². The molecule has 0 bridgehead atoms. The van der Waals surface area contributed by atoms with Crippen LogP contribution in [0.1, 0.15) is 5.56 Å². The summed E-state index contributed by atoms with van der Waals surface area (Å²) in [4.78, 5) is 10.9. The summed E-state index contributed by atoms with van der Waals surface area (Å²) in [6, 6.07) is 3.37. The van der Waals surface area contributed by atoms with Gasteiger partial charge in [-0.15, -0.1) is 11.6 Å². The zero-order valence-electron chi connectivity index (χ0n) is 8.05. The van der Waals surface area contributed by atoms with Crippen LogP contribution in [0.3, 0.4) is 0 Å². The lowest BCUT2D eigenvalue weighted by Gasteiger charge is -2.06. The first-order chi connectivity index (χ1) is 7.52. The Bertz CT molecular complexity index is 382. The van der Waals surface area contributed by atoms with Crippen molar-refractivity contribution in [3.8, 4) is 5.75 Å². The van der Waals surface area contributed by atoms with Crippen molar-refractivity contribution in [3.63, 3.8) is 0 Å². The standard InChI is InChI=1S/C10H8ClF3O2/c11-5-7(15)3-6-1-2-9(8(12)4-6)16-10(13)14/h1-2,4,10H,3,5H2. The van der Waals surface area contributed by atoms with E-state index in [9.17, 15) is 18.0 Å². The topological polar surface area (TPSA) is 26.3 Å². The van der Waals surface area contributed by atoms with E-state index < -0.39 is 18.2 Å². The van der Waals surface area contributed by atoms with Crippen LogP contribution in [0, 0.1) is 5.82 Å². The molecule has 0 spiro atoms. The molecule has 0 aliphatic rings. The Labute approximate surface area is 95.0 Å². The van der Waals surface area contributed by atoms with Crippen molar-refractivity contribution in [3.05, 3.63) is 29.6 Å². The zero-order chi connectivity index (χ0) is 12.1. The average Bonchev–Trinajstić information content (AvgIpc) is 2.21. The number of benzene rings is 1. The molecule has 0 heterocycles. The first-order valence-corrected chi connectivity index (χ1v) is 4.87. The predicted octanol–water partition coefficient (Wildman–Crippen LogP) is 2.78. The molecule has 1 rings (SSSR count). The van der Waals surface area contributed by atoms with Gasteiger partial charge in [-0.2, -0.15) is 8.78 Å². The smallest absolute Gasteiger partial charge is 0.387 e. The molecule has 0 amide bonds. The van der Waals surface area contributed by atoms with E-state index in [0.29, 0.717) is 5.56 Å². The summed E-state index contributed by atoms with van der Waals surface area (Å²) >= 11 is 5.27. The minimum absolute atomic E-state index is 0.0324. The first kappa shape index (κ1) is 12.8. The number of carbonyl (C=O) groups is 1. The molecule has 16 heavy (non-hydrogen) atoms. The zero-order valence-corrected chi connectivity index (χ0v) is 8.81. The third kappa shape index (κ3) is 3.73. The molecule has 1 aromatic carbocycles. The molecule has 0 radical (unpaired) electrons. The van der Waals surface area contributed by atoms with Crippen LogP contribution in [0.25, 0.3) is 0 Å². The molecule has 0 aromatic heterocycles. The molecule has 0 unspecified atom stereocenters. The van der Waals surface area contributed by atoms with Crippen LogP contribution < -0.4 is 4.74 Å². The van der Waals surface area contributed by atoms with E-state index in [-0.39, 0.29) is 18.1 Å². The Balaban J connectivity index is 2.78. The van der Waals surface area contributed by atoms with Crippen LogP contribution in [0.15, 0.2) is 18.2 Å². The number of rotatable bonds is 5. The van der Waals surface area contributed by atoms with Gasteiger partial charge in [0.15, 0.2) is 17.3 Å². The summed E-state index contributed by atoms with van der Waals surface area (Å²) in [5.41, 5.74) is 0.366. The van der Waals surface area contributed by atoms with Gasteiger partial charge in [0.05, 0.1) is 5.88 Å². The summed E-state index contributed by atoms with van der Waals surface area (Å²) in [5.74, 6) is -1.92. The normalized spacial score (nSPS) is 10.6. The van der Waals surface area contributed by atoms with Crippen LogP contribution >= 0.6 is 11.6 Å². The fourth-order valence-electron chi connectivity index (χ4n) is 1.12. The van der Waals surface area contributed by atoms with Crippen LogP contribution in [0.2, 0.25) is 0 Å². The van der Waals surface area contributed by atoms with E-state index in [4.69, 9.17) is 11.6 Å². The van der Waals surface area contributed by atoms with Gasteiger partial charge in [-0.05, 0) is 17.7 Å². The maximum absolute atomic E-state index is 13.2. The van der Waals surface area contributed by atoms with Crippen LogP contribution in [-0.4, -0.2) is 18.3 Å². The van der Waals surface area contributed by atoms with Gasteiger partial charge in [0.1, 0.15) is 0 Å². The van der Waals surface area contributed by atoms with Gasteiger partial charge in [-0.1, -0.05) is 6.07 Å². The van der Waals surface area contributed by atoms with Crippen molar-refractivity contribution >= 4 is 17.4 Å². The van der Waals surface area contributed by atoms with Crippen molar-refractivity contribution in [1.82, 2.24) is 0 Å².